The molecule has 0 aromatic rings. The summed E-state index contributed by atoms with van der Waals surface area (Å²) in [6.45, 7) is 4.23. The number of aliphatic hydroxyl groups is 5. The van der Waals surface area contributed by atoms with Gasteiger partial charge in [-0.2, -0.15) is 0 Å². The van der Waals surface area contributed by atoms with Crippen LogP contribution in [-0.2, 0) is 23.8 Å². The number of rotatable bonds is 45. The fourth-order valence-corrected chi connectivity index (χ4v) is 8.17. The number of allylic oxidation sites excluding steroid dienone is 5. The van der Waals surface area contributed by atoms with E-state index in [0.717, 1.165) is 77.0 Å². The van der Waals surface area contributed by atoms with Crippen LogP contribution in [0.1, 0.15) is 232 Å². The van der Waals surface area contributed by atoms with Crippen molar-refractivity contribution in [2.24, 2.45) is 0 Å². The van der Waals surface area contributed by atoms with Crippen LogP contribution in [0, 0.1) is 0 Å². The molecular weight excluding hydrogens is 823 g/mol. The first-order chi connectivity index (χ1) is 31.7. The highest BCUT2D eigenvalue weighted by Crippen LogP contribution is 2.23. The maximum atomic E-state index is 13.0. The summed E-state index contributed by atoms with van der Waals surface area (Å²) >= 11 is 0. The van der Waals surface area contributed by atoms with Gasteiger partial charge < -0.3 is 45.1 Å². The quantitative estimate of drug-likeness (QED) is 0.0196. The minimum atomic E-state index is -1.59. The average molecular weight is 922 g/mol. The zero-order valence-electron chi connectivity index (χ0n) is 41.4. The molecular formula is C54H99NO10. The third-order valence-electron chi connectivity index (χ3n) is 12.5. The maximum Gasteiger partial charge on any atom is 0.305 e. The van der Waals surface area contributed by atoms with E-state index in [0.29, 0.717) is 25.9 Å². The predicted octanol–water partition coefficient (Wildman–Crippen LogP) is 11.2. The molecule has 7 atom stereocenters. The van der Waals surface area contributed by atoms with Crippen molar-refractivity contribution in [1.82, 2.24) is 5.32 Å². The van der Waals surface area contributed by atoms with Crippen molar-refractivity contribution in [2.45, 2.75) is 275 Å². The highest BCUT2D eigenvalue weighted by atomic mass is 16.7. The second kappa shape index (κ2) is 44.4. The van der Waals surface area contributed by atoms with Gasteiger partial charge >= 0.3 is 5.97 Å². The number of aliphatic hydroxyl groups excluding tert-OH is 5. The number of carbonyl (C=O) groups excluding carboxylic acids is 2. The van der Waals surface area contributed by atoms with Crippen LogP contribution < -0.4 is 5.32 Å². The van der Waals surface area contributed by atoms with Gasteiger partial charge in [0.25, 0.3) is 0 Å². The number of nitrogens with one attached hydrogen (secondary N) is 1. The predicted molar refractivity (Wildman–Crippen MR) is 264 cm³/mol. The first-order valence-corrected chi connectivity index (χ1v) is 26.8. The molecule has 0 aliphatic carbocycles. The standard InChI is InChI=1S/C54H99NO10/c1-3-5-7-9-11-13-15-16-17-18-21-24-28-32-36-40-47(57)46(45-64-54-53(62)52(61)51(60)48(44-56)65-54)55-49(58)41-37-33-29-25-22-19-23-27-31-35-39-43-63-50(59)42-38-34-30-26-20-14-12-10-8-6-4-2/h15-16,21,24,36,40,46-48,51-54,56-57,60-62H,3-14,17-20,22-23,25-35,37-39,41-45H2,1-2H3,(H,55,58)/b16-15+,24-21+,40-36+. The van der Waals surface area contributed by atoms with Gasteiger partial charge in [-0.25, -0.2) is 0 Å². The highest BCUT2D eigenvalue weighted by molar-refractivity contribution is 5.76. The van der Waals surface area contributed by atoms with Gasteiger partial charge in [-0.05, 0) is 57.8 Å². The fraction of sp³-hybridized carbons (Fsp3) is 0.852. The van der Waals surface area contributed by atoms with Crippen LogP contribution in [0.3, 0.4) is 0 Å². The Hall–Kier alpha value is -2.12. The molecule has 0 aromatic heterocycles. The Balaban J connectivity index is 2.25. The summed E-state index contributed by atoms with van der Waals surface area (Å²) in [6.07, 6.45) is 42.1. The number of carbonyl (C=O) groups is 2. The van der Waals surface area contributed by atoms with Gasteiger partial charge in [-0.15, -0.1) is 0 Å². The molecule has 0 saturated carbocycles. The van der Waals surface area contributed by atoms with Crippen molar-refractivity contribution >= 4 is 11.9 Å². The molecule has 380 valence electrons. The minimum Gasteiger partial charge on any atom is -0.466 e. The van der Waals surface area contributed by atoms with Gasteiger partial charge in [0, 0.05) is 12.8 Å². The molecule has 0 radical (unpaired) electrons. The Bertz CT molecular complexity index is 1180. The Morgan fingerprint density at radius 3 is 1.52 bits per heavy atom. The van der Waals surface area contributed by atoms with E-state index in [9.17, 15) is 35.1 Å². The summed E-state index contributed by atoms with van der Waals surface area (Å²) < 4.78 is 16.6. The van der Waals surface area contributed by atoms with Gasteiger partial charge in [-0.1, -0.05) is 198 Å². The molecule has 1 amide bonds. The Morgan fingerprint density at radius 1 is 0.554 bits per heavy atom. The average Bonchev–Trinajstić information content (AvgIpc) is 3.30. The SMILES string of the molecule is CCCCCCC/C=C/CC/C=C/CC/C=C/C(O)C(COC1OC(CO)C(O)C(O)C1O)NC(=O)CCCCCCCCCCCCCOC(=O)CCCCCCCCCCCCC. The molecule has 0 bridgehead atoms. The molecule has 11 heteroatoms. The van der Waals surface area contributed by atoms with Crippen LogP contribution in [0.25, 0.3) is 0 Å². The largest absolute Gasteiger partial charge is 0.466 e. The van der Waals surface area contributed by atoms with Crippen LogP contribution >= 0.6 is 0 Å². The summed E-state index contributed by atoms with van der Waals surface area (Å²) in [5.41, 5.74) is 0. The van der Waals surface area contributed by atoms with Gasteiger partial charge in [0.05, 0.1) is 32.0 Å². The van der Waals surface area contributed by atoms with Crippen molar-refractivity contribution in [3.8, 4) is 0 Å². The van der Waals surface area contributed by atoms with Crippen LogP contribution in [0.4, 0.5) is 0 Å². The first kappa shape index (κ1) is 60.9. The summed E-state index contributed by atoms with van der Waals surface area (Å²) in [5, 5.41) is 54.3. The monoisotopic (exact) mass is 922 g/mol. The molecule has 1 heterocycles. The second-order valence-corrected chi connectivity index (χ2v) is 18.6. The normalized spacial score (nSPS) is 20.0. The lowest BCUT2D eigenvalue weighted by molar-refractivity contribution is -0.302. The lowest BCUT2D eigenvalue weighted by Crippen LogP contribution is -2.60. The first-order valence-electron chi connectivity index (χ1n) is 26.8. The molecule has 1 rings (SSSR count). The van der Waals surface area contributed by atoms with Gasteiger partial charge in [-0.3, -0.25) is 9.59 Å². The minimum absolute atomic E-state index is 0.0423. The lowest BCUT2D eigenvalue weighted by Gasteiger charge is -2.40. The molecule has 1 fully saturated rings. The zero-order valence-corrected chi connectivity index (χ0v) is 41.4. The topological polar surface area (TPSA) is 175 Å². The second-order valence-electron chi connectivity index (χ2n) is 18.6. The highest BCUT2D eigenvalue weighted by Gasteiger charge is 2.44. The zero-order chi connectivity index (χ0) is 47.4. The lowest BCUT2D eigenvalue weighted by atomic mass is 9.99. The van der Waals surface area contributed by atoms with E-state index in [4.69, 9.17) is 14.2 Å². The molecule has 0 spiro atoms. The summed E-state index contributed by atoms with van der Waals surface area (Å²) in [7, 11) is 0. The van der Waals surface area contributed by atoms with Crippen molar-refractivity contribution in [3.05, 3.63) is 36.5 Å². The molecule has 1 saturated heterocycles. The van der Waals surface area contributed by atoms with Crippen molar-refractivity contribution in [2.75, 3.05) is 19.8 Å². The Morgan fingerprint density at radius 2 is 1.00 bits per heavy atom. The van der Waals surface area contributed by atoms with E-state index in [1.807, 2.05) is 6.08 Å². The van der Waals surface area contributed by atoms with Gasteiger partial charge in [0.2, 0.25) is 5.91 Å². The molecule has 1 aliphatic rings. The third kappa shape index (κ3) is 34.8. The van der Waals surface area contributed by atoms with Crippen LogP contribution in [0.2, 0.25) is 0 Å². The van der Waals surface area contributed by atoms with Crippen LogP contribution in [0.15, 0.2) is 36.5 Å². The molecule has 65 heavy (non-hydrogen) atoms. The van der Waals surface area contributed by atoms with Crippen molar-refractivity contribution in [3.63, 3.8) is 0 Å². The van der Waals surface area contributed by atoms with Gasteiger partial charge in [0.1, 0.15) is 24.4 Å². The number of hydrogen-bond donors (Lipinski definition) is 6. The number of esters is 1. The molecule has 0 aromatic carbocycles. The summed E-state index contributed by atoms with van der Waals surface area (Å²) in [6, 6.07) is -0.848. The molecule has 11 nitrogen and oxygen atoms in total. The van der Waals surface area contributed by atoms with Crippen LogP contribution in [0.5, 0.6) is 0 Å². The fourth-order valence-electron chi connectivity index (χ4n) is 8.17. The van der Waals surface area contributed by atoms with Gasteiger partial charge in [0.15, 0.2) is 6.29 Å². The smallest absolute Gasteiger partial charge is 0.305 e. The van der Waals surface area contributed by atoms with E-state index < -0.39 is 49.5 Å². The van der Waals surface area contributed by atoms with Crippen LogP contribution in [-0.4, -0.2) is 100 Å². The molecule has 1 aliphatic heterocycles. The maximum absolute atomic E-state index is 13.0. The Kier molecular flexibility index (Phi) is 41.6. The van der Waals surface area contributed by atoms with Crippen molar-refractivity contribution < 1.29 is 49.3 Å². The third-order valence-corrected chi connectivity index (χ3v) is 12.5. The summed E-state index contributed by atoms with van der Waals surface area (Å²) in [5.74, 6) is -0.258. The number of unbranched alkanes of at least 4 members (excludes halogenated alkanes) is 27. The number of hydrogen-bond acceptors (Lipinski definition) is 10. The summed E-state index contributed by atoms with van der Waals surface area (Å²) in [4.78, 5) is 25.0. The van der Waals surface area contributed by atoms with Crippen molar-refractivity contribution in [1.29, 1.82) is 0 Å². The van der Waals surface area contributed by atoms with E-state index in [2.05, 4.69) is 43.5 Å². The molecule has 6 N–H and O–H groups in total. The van der Waals surface area contributed by atoms with E-state index >= 15 is 0 Å². The van der Waals surface area contributed by atoms with E-state index in [-0.39, 0.29) is 18.5 Å². The van der Waals surface area contributed by atoms with E-state index in [1.54, 1.807) is 6.08 Å². The molecule has 7 unspecified atom stereocenters. The van der Waals surface area contributed by atoms with E-state index in [1.165, 1.54) is 122 Å². The number of ether oxygens (including phenoxy) is 3. The Labute approximate surface area is 396 Å². The number of amides is 1.